The minimum absolute atomic E-state index is 0.123. The van der Waals surface area contributed by atoms with E-state index in [0.29, 0.717) is 29.6 Å². The first-order chi connectivity index (χ1) is 15.4. The van der Waals surface area contributed by atoms with Gasteiger partial charge in [-0.05, 0) is 51.8 Å². The van der Waals surface area contributed by atoms with Crippen LogP contribution in [-0.4, -0.2) is 37.0 Å². The number of aromatic nitrogens is 5. The van der Waals surface area contributed by atoms with Crippen LogP contribution in [0.15, 0.2) is 36.4 Å². The van der Waals surface area contributed by atoms with E-state index >= 15 is 0 Å². The van der Waals surface area contributed by atoms with Crippen molar-refractivity contribution >= 4 is 28.5 Å². The fourth-order valence-electron chi connectivity index (χ4n) is 4.09. The molecule has 164 valence electrons. The average Bonchev–Trinajstić information content (AvgIpc) is 3.56. The molecule has 0 saturated heterocycles. The maximum absolute atomic E-state index is 13.3. The highest BCUT2D eigenvalue weighted by Crippen LogP contribution is 2.40. The normalized spacial score (nSPS) is 13.6. The second-order valence-corrected chi connectivity index (χ2v) is 8.74. The molecule has 0 atom stereocenters. The topological polar surface area (TPSA) is 77.6 Å². The van der Waals surface area contributed by atoms with Crippen molar-refractivity contribution in [3.63, 3.8) is 0 Å². The van der Waals surface area contributed by atoms with Gasteiger partial charge in [-0.25, -0.2) is 9.67 Å². The Bertz CT molecular complexity index is 1320. The molecule has 1 amide bonds. The number of carbonyl (C=O) groups excluding carboxylic acids is 1. The lowest BCUT2D eigenvalue weighted by Gasteiger charge is -2.10. The molecule has 1 aliphatic carbocycles. The molecule has 3 heterocycles. The molecule has 1 N–H and O–H groups in total. The smallest absolute Gasteiger partial charge is 0.252 e. The van der Waals surface area contributed by atoms with Crippen molar-refractivity contribution in [2.45, 2.75) is 46.1 Å². The van der Waals surface area contributed by atoms with E-state index in [9.17, 15) is 4.79 Å². The number of halogens is 1. The molecule has 0 bridgehead atoms. The van der Waals surface area contributed by atoms with E-state index in [1.165, 1.54) is 0 Å². The number of rotatable bonds is 6. The standard InChI is InChI=1S/C24H25ClN6O/c1-14-21-19(24(32)26-11-12-30-16(3)22(25)15(2)28-30)13-20(17-9-10-17)27-23(21)31(29-14)18-7-5-4-6-8-18/h4-8,13,17H,9-12H2,1-3H3,(H,26,32). The van der Waals surface area contributed by atoms with Crippen LogP contribution in [0.2, 0.25) is 5.02 Å². The quantitative estimate of drug-likeness (QED) is 0.471. The second kappa shape index (κ2) is 8.06. The predicted molar refractivity (Wildman–Crippen MR) is 125 cm³/mol. The Hall–Kier alpha value is -3.19. The predicted octanol–water partition coefficient (Wildman–Crippen LogP) is 4.50. The number of benzene rings is 1. The lowest BCUT2D eigenvalue weighted by molar-refractivity contribution is 0.0953. The molecule has 8 heteroatoms. The van der Waals surface area contributed by atoms with E-state index in [1.807, 2.05) is 66.5 Å². The minimum atomic E-state index is -0.123. The summed E-state index contributed by atoms with van der Waals surface area (Å²) in [5, 5.41) is 13.7. The zero-order valence-electron chi connectivity index (χ0n) is 18.4. The van der Waals surface area contributed by atoms with Crippen LogP contribution in [0.5, 0.6) is 0 Å². The molecular weight excluding hydrogens is 424 g/mol. The molecule has 4 aromatic rings. The van der Waals surface area contributed by atoms with Crippen molar-refractivity contribution in [3.8, 4) is 5.69 Å². The number of fused-ring (bicyclic) bond motifs is 1. The molecule has 1 aliphatic rings. The maximum Gasteiger partial charge on any atom is 0.252 e. The Morgan fingerprint density at radius 3 is 2.53 bits per heavy atom. The van der Waals surface area contributed by atoms with Crippen molar-refractivity contribution in [1.29, 1.82) is 0 Å². The Kier molecular flexibility index (Phi) is 5.21. The van der Waals surface area contributed by atoms with Gasteiger partial charge >= 0.3 is 0 Å². The molecule has 1 aromatic carbocycles. The Morgan fingerprint density at radius 2 is 1.88 bits per heavy atom. The number of carbonyl (C=O) groups is 1. The van der Waals surface area contributed by atoms with Crippen LogP contribution in [0, 0.1) is 20.8 Å². The Balaban J connectivity index is 1.48. The van der Waals surface area contributed by atoms with Crippen molar-refractivity contribution in [2.75, 3.05) is 6.54 Å². The molecule has 0 spiro atoms. The molecule has 3 aromatic heterocycles. The summed E-state index contributed by atoms with van der Waals surface area (Å²) < 4.78 is 3.67. The highest BCUT2D eigenvalue weighted by atomic mass is 35.5. The van der Waals surface area contributed by atoms with Gasteiger partial charge in [-0.2, -0.15) is 10.2 Å². The van der Waals surface area contributed by atoms with Crippen LogP contribution in [0.25, 0.3) is 16.7 Å². The van der Waals surface area contributed by atoms with E-state index in [1.54, 1.807) is 0 Å². The van der Waals surface area contributed by atoms with Gasteiger partial charge in [-0.1, -0.05) is 29.8 Å². The first kappa shape index (κ1) is 20.7. The van der Waals surface area contributed by atoms with Gasteiger partial charge in [0.2, 0.25) is 0 Å². The largest absolute Gasteiger partial charge is 0.350 e. The van der Waals surface area contributed by atoms with Gasteiger partial charge in [0.1, 0.15) is 0 Å². The molecule has 32 heavy (non-hydrogen) atoms. The van der Waals surface area contributed by atoms with Crippen LogP contribution >= 0.6 is 11.6 Å². The average molecular weight is 449 g/mol. The summed E-state index contributed by atoms with van der Waals surface area (Å²) in [5.74, 6) is 0.296. The maximum atomic E-state index is 13.3. The summed E-state index contributed by atoms with van der Waals surface area (Å²) in [5.41, 5.74) is 5.74. The number of nitrogens with one attached hydrogen (secondary N) is 1. The van der Waals surface area contributed by atoms with Crippen LogP contribution in [0.1, 0.15) is 51.9 Å². The number of amides is 1. The number of hydrogen-bond donors (Lipinski definition) is 1. The third kappa shape index (κ3) is 3.66. The molecular formula is C24H25ClN6O. The summed E-state index contributed by atoms with van der Waals surface area (Å²) in [6, 6.07) is 11.9. The van der Waals surface area contributed by atoms with Gasteiger partial charge in [-0.3, -0.25) is 9.48 Å². The van der Waals surface area contributed by atoms with Crippen molar-refractivity contribution in [1.82, 2.24) is 29.9 Å². The summed E-state index contributed by atoms with van der Waals surface area (Å²) >= 11 is 6.24. The lowest BCUT2D eigenvalue weighted by atomic mass is 10.1. The highest BCUT2D eigenvalue weighted by Gasteiger charge is 2.29. The van der Waals surface area contributed by atoms with Crippen LogP contribution < -0.4 is 5.32 Å². The van der Waals surface area contributed by atoms with E-state index in [2.05, 4.69) is 10.4 Å². The number of pyridine rings is 1. The van der Waals surface area contributed by atoms with E-state index in [4.69, 9.17) is 21.7 Å². The van der Waals surface area contributed by atoms with Gasteiger partial charge in [0.15, 0.2) is 5.65 Å². The Morgan fingerprint density at radius 1 is 1.12 bits per heavy atom. The van der Waals surface area contributed by atoms with Crippen molar-refractivity contribution in [2.24, 2.45) is 0 Å². The van der Waals surface area contributed by atoms with Crippen molar-refractivity contribution in [3.05, 3.63) is 69.8 Å². The van der Waals surface area contributed by atoms with Crippen LogP contribution in [0.3, 0.4) is 0 Å². The molecule has 0 radical (unpaired) electrons. The fraction of sp³-hybridized carbons (Fsp3) is 0.333. The zero-order chi connectivity index (χ0) is 22.4. The molecule has 1 fully saturated rings. The monoisotopic (exact) mass is 448 g/mol. The first-order valence-corrected chi connectivity index (χ1v) is 11.2. The molecule has 0 unspecified atom stereocenters. The van der Waals surface area contributed by atoms with Gasteiger partial charge in [0, 0.05) is 18.2 Å². The third-order valence-electron chi connectivity index (χ3n) is 5.98. The molecule has 0 aliphatic heterocycles. The Labute approximate surface area is 191 Å². The van der Waals surface area contributed by atoms with Crippen LogP contribution in [-0.2, 0) is 6.54 Å². The zero-order valence-corrected chi connectivity index (χ0v) is 19.1. The van der Waals surface area contributed by atoms with Gasteiger partial charge < -0.3 is 5.32 Å². The SMILES string of the molecule is Cc1nn(CCNC(=O)c2cc(C3CC3)nc3c2c(C)nn3-c2ccccc2)c(C)c1Cl. The summed E-state index contributed by atoms with van der Waals surface area (Å²) in [6.45, 7) is 6.74. The summed E-state index contributed by atoms with van der Waals surface area (Å²) in [7, 11) is 0. The second-order valence-electron chi connectivity index (χ2n) is 8.36. The molecule has 1 saturated carbocycles. The summed E-state index contributed by atoms with van der Waals surface area (Å²) in [4.78, 5) is 18.2. The minimum Gasteiger partial charge on any atom is -0.350 e. The molecule has 7 nitrogen and oxygen atoms in total. The highest BCUT2D eigenvalue weighted by molar-refractivity contribution is 6.31. The van der Waals surface area contributed by atoms with E-state index < -0.39 is 0 Å². The van der Waals surface area contributed by atoms with Gasteiger partial charge in [-0.15, -0.1) is 0 Å². The van der Waals surface area contributed by atoms with Gasteiger partial charge in [0.05, 0.1) is 45.3 Å². The van der Waals surface area contributed by atoms with Gasteiger partial charge in [0.25, 0.3) is 5.91 Å². The van der Waals surface area contributed by atoms with Crippen molar-refractivity contribution < 1.29 is 4.79 Å². The molecule has 5 rings (SSSR count). The number of nitrogens with zero attached hydrogens (tertiary/aromatic N) is 5. The first-order valence-electron chi connectivity index (χ1n) is 10.9. The van der Waals surface area contributed by atoms with E-state index in [-0.39, 0.29) is 5.91 Å². The third-order valence-corrected chi connectivity index (χ3v) is 6.52. The number of hydrogen-bond acceptors (Lipinski definition) is 4. The summed E-state index contributed by atoms with van der Waals surface area (Å²) in [6.07, 6.45) is 2.22. The van der Waals surface area contributed by atoms with E-state index in [0.717, 1.165) is 52.3 Å². The number of aryl methyl sites for hydroxylation is 2. The fourth-order valence-corrected chi connectivity index (χ4v) is 4.22. The van der Waals surface area contributed by atoms with Crippen LogP contribution in [0.4, 0.5) is 0 Å². The number of para-hydroxylation sites is 1. The lowest BCUT2D eigenvalue weighted by Crippen LogP contribution is -2.28.